The molecule has 1 aliphatic heterocycles. The molecule has 1 amide bonds. The highest BCUT2D eigenvalue weighted by molar-refractivity contribution is 5.94. The summed E-state index contributed by atoms with van der Waals surface area (Å²) in [5, 5.41) is 12.1. The van der Waals surface area contributed by atoms with Gasteiger partial charge in [0.2, 0.25) is 0 Å². The van der Waals surface area contributed by atoms with Crippen LogP contribution in [-0.4, -0.2) is 35.6 Å². The van der Waals surface area contributed by atoms with Crippen LogP contribution in [0.3, 0.4) is 0 Å². The van der Waals surface area contributed by atoms with Crippen LogP contribution in [0, 0.1) is 0 Å². The van der Waals surface area contributed by atoms with Crippen molar-refractivity contribution in [2.75, 3.05) is 19.7 Å². The molecule has 26 heavy (non-hydrogen) atoms. The average molecular weight is 345 g/mol. The Bertz CT molecular complexity index is 922. The summed E-state index contributed by atoms with van der Waals surface area (Å²) in [5.41, 5.74) is 1.77. The highest BCUT2D eigenvalue weighted by Gasteiger charge is 2.41. The van der Waals surface area contributed by atoms with Crippen molar-refractivity contribution in [2.45, 2.75) is 18.3 Å². The van der Waals surface area contributed by atoms with Crippen LogP contribution in [-0.2, 0) is 5.41 Å². The topological polar surface area (TPSA) is 40.5 Å². The number of fused-ring (bicyclic) bond motifs is 1. The maximum absolute atomic E-state index is 12.8. The van der Waals surface area contributed by atoms with Crippen molar-refractivity contribution in [1.82, 2.24) is 4.90 Å². The van der Waals surface area contributed by atoms with Crippen molar-refractivity contribution < 1.29 is 9.90 Å². The summed E-state index contributed by atoms with van der Waals surface area (Å²) < 4.78 is 0. The van der Waals surface area contributed by atoms with E-state index >= 15 is 0 Å². The molecule has 4 rings (SSSR count). The van der Waals surface area contributed by atoms with Crippen molar-refractivity contribution >= 4 is 16.7 Å². The Labute approximate surface area is 153 Å². The van der Waals surface area contributed by atoms with Crippen molar-refractivity contribution in [1.29, 1.82) is 0 Å². The fourth-order valence-corrected chi connectivity index (χ4v) is 4.13. The van der Waals surface area contributed by atoms with Gasteiger partial charge in [0.15, 0.2) is 0 Å². The fraction of sp³-hybridized carbons (Fsp3) is 0.261. The smallest absolute Gasteiger partial charge is 0.253 e. The van der Waals surface area contributed by atoms with Crippen molar-refractivity contribution in [3.63, 3.8) is 0 Å². The molecule has 0 spiro atoms. The molecule has 3 aromatic carbocycles. The number of rotatable bonds is 4. The Balaban J connectivity index is 1.66. The summed E-state index contributed by atoms with van der Waals surface area (Å²) in [7, 11) is 0. The molecule has 1 saturated heterocycles. The number of amides is 1. The highest BCUT2D eigenvalue weighted by atomic mass is 16.3. The van der Waals surface area contributed by atoms with Crippen molar-refractivity contribution in [3.05, 3.63) is 83.9 Å². The second-order valence-electron chi connectivity index (χ2n) is 7.16. The molecule has 0 aliphatic carbocycles. The van der Waals surface area contributed by atoms with Crippen LogP contribution in [0.1, 0.15) is 28.8 Å². The number of nitrogens with zero attached hydrogens (tertiary/aromatic N) is 1. The van der Waals surface area contributed by atoms with Gasteiger partial charge >= 0.3 is 0 Å². The van der Waals surface area contributed by atoms with E-state index < -0.39 is 0 Å². The lowest BCUT2D eigenvalue weighted by Gasteiger charge is -2.30. The summed E-state index contributed by atoms with van der Waals surface area (Å²) in [5.74, 6) is 0.0752. The number of hydrogen-bond donors (Lipinski definition) is 1. The quantitative estimate of drug-likeness (QED) is 0.776. The largest absolute Gasteiger partial charge is 0.396 e. The Morgan fingerprint density at radius 1 is 0.962 bits per heavy atom. The van der Waals surface area contributed by atoms with Crippen molar-refractivity contribution in [3.8, 4) is 0 Å². The monoisotopic (exact) mass is 345 g/mol. The van der Waals surface area contributed by atoms with E-state index in [9.17, 15) is 9.90 Å². The number of carbonyl (C=O) groups excluding carboxylic acids is 1. The van der Waals surface area contributed by atoms with Gasteiger partial charge in [-0.1, -0.05) is 60.7 Å². The Morgan fingerprint density at radius 3 is 2.46 bits per heavy atom. The molecule has 132 valence electrons. The zero-order valence-corrected chi connectivity index (χ0v) is 14.8. The Hall–Kier alpha value is -2.65. The van der Waals surface area contributed by atoms with Crippen LogP contribution in [0.15, 0.2) is 72.8 Å². The Morgan fingerprint density at radius 2 is 1.69 bits per heavy atom. The molecular weight excluding hydrogens is 322 g/mol. The number of benzene rings is 3. The molecule has 1 N–H and O–H groups in total. The molecule has 0 radical (unpaired) electrons. The molecule has 3 nitrogen and oxygen atoms in total. The van der Waals surface area contributed by atoms with E-state index in [4.69, 9.17) is 0 Å². The number of hydrogen-bond acceptors (Lipinski definition) is 2. The van der Waals surface area contributed by atoms with Gasteiger partial charge in [0.1, 0.15) is 0 Å². The molecule has 3 aromatic rings. The molecule has 0 saturated carbocycles. The third-order valence-electron chi connectivity index (χ3n) is 5.61. The zero-order chi connectivity index (χ0) is 18.0. The first-order valence-corrected chi connectivity index (χ1v) is 9.16. The summed E-state index contributed by atoms with van der Waals surface area (Å²) in [6, 6.07) is 24.3. The lowest BCUT2D eigenvalue weighted by Crippen LogP contribution is -2.35. The van der Waals surface area contributed by atoms with E-state index in [0.29, 0.717) is 13.0 Å². The average Bonchev–Trinajstić information content (AvgIpc) is 3.13. The van der Waals surface area contributed by atoms with Gasteiger partial charge in [0, 0.05) is 30.7 Å². The van der Waals surface area contributed by atoms with Gasteiger partial charge in [-0.05, 0) is 41.3 Å². The van der Waals surface area contributed by atoms with Crippen LogP contribution < -0.4 is 0 Å². The van der Waals surface area contributed by atoms with Gasteiger partial charge in [-0.25, -0.2) is 0 Å². The lowest BCUT2D eigenvalue weighted by molar-refractivity contribution is 0.0779. The maximum Gasteiger partial charge on any atom is 0.253 e. The molecule has 1 fully saturated rings. The zero-order valence-electron chi connectivity index (χ0n) is 14.8. The van der Waals surface area contributed by atoms with E-state index in [1.165, 1.54) is 16.3 Å². The molecule has 1 heterocycles. The summed E-state index contributed by atoms with van der Waals surface area (Å²) in [6.07, 6.45) is 1.55. The van der Waals surface area contributed by atoms with Gasteiger partial charge in [-0.2, -0.15) is 0 Å². The third-order valence-corrected chi connectivity index (χ3v) is 5.61. The molecule has 0 aromatic heterocycles. The molecule has 0 bridgehead atoms. The number of carbonyl (C=O) groups is 1. The van der Waals surface area contributed by atoms with Crippen LogP contribution >= 0.6 is 0 Å². The molecule has 1 aliphatic rings. The van der Waals surface area contributed by atoms with Crippen molar-refractivity contribution in [2.24, 2.45) is 0 Å². The second-order valence-corrected chi connectivity index (χ2v) is 7.16. The molecule has 3 heteroatoms. The van der Waals surface area contributed by atoms with Crippen LogP contribution in [0.4, 0.5) is 0 Å². The summed E-state index contributed by atoms with van der Waals surface area (Å²) in [4.78, 5) is 14.8. The minimum Gasteiger partial charge on any atom is -0.396 e. The number of aliphatic hydroxyl groups excluding tert-OH is 1. The van der Waals surface area contributed by atoms with Crippen LogP contribution in [0.25, 0.3) is 10.8 Å². The standard InChI is InChI=1S/C23H23NO2/c25-15-13-23(21-11-10-18-6-4-5-9-20(18)16-21)12-14-24(17-23)22(26)19-7-2-1-3-8-19/h1-11,16,25H,12-15,17H2. The number of aliphatic hydroxyl groups is 1. The highest BCUT2D eigenvalue weighted by Crippen LogP contribution is 2.39. The summed E-state index contributed by atoms with van der Waals surface area (Å²) >= 11 is 0. The Kier molecular flexibility index (Phi) is 4.48. The first-order valence-electron chi connectivity index (χ1n) is 9.16. The first kappa shape index (κ1) is 16.8. The predicted molar refractivity (Wildman–Crippen MR) is 104 cm³/mol. The first-order chi connectivity index (χ1) is 12.7. The minimum absolute atomic E-state index is 0.0752. The SMILES string of the molecule is O=C(c1ccccc1)N1CCC(CCO)(c2ccc3ccccc3c2)C1. The van der Waals surface area contributed by atoms with Gasteiger partial charge in [0.25, 0.3) is 5.91 Å². The van der Waals surface area contributed by atoms with E-state index in [1.807, 2.05) is 47.4 Å². The third kappa shape index (κ3) is 2.99. The minimum atomic E-state index is -0.177. The van der Waals surface area contributed by atoms with E-state index in [1.54, 1.807) is 0 Å². The van der Waals surface area contributed by atoms with E-state index in [2.05, 4.69) is 30.3 Å². The van der Waals surface area contributed by atoms with Gasteiger partial charge < -0.3 is 10.0 Å². The van der Waals surface area contributed by atoms with E-state index in [-0.39, 0.29) is 17.9 Å². The summed E-state index contributed by atoms with van der Waals surface area (Å²) in [6.45, 7) is 1.50. The van der Waals surface area contributed by atoms with Crippen LogP contribution in [0.5, 0.6) is 0 Å². The van der Waals surface area contributed by atoms with Gasteiger partial charge in [-0.3, -0.25) is 4.79 Å². The second kappa shape index (κ2) is 6.93. The predicted octanol–water partition coefficient (Wildman–Crippen LogP) is 4.01. The molecular formula is C23H23NO2. The fourth-order valence-electron chi connectivity index (χ4n) is 4.13. The molecule has 1 atom stereocenters. The van der Waals surface area contributed by atoms with Crippen LogP contribution in [0.2, 0.25) is 0 Å². The maximum atomic E-state index is 12.8. The van der Waals surface area contributed by atoms with Gasteiger partial charge in [-0.15, -0.1) is 0 Å². The van der Waals surface area contributed by atoms with Gasteiger partial charge in [0.05, 0.1) is 0 Å². The van der Waals surface area contributed by atoms with E-state index in [0.717, 1.165) is 18.5 Å². The molecule has 1 unspecified atom stereocenters. The normalized spacial score (nSPS) is 19.8. The number of likely N-dealkylation sites (tertiary alicyclic amines) is 1. The lowest BCUT2D eigenvalue weighted by atomic mass is 9.76.